The third-order valence-corrected chi connectivity index (χ3v) is 4.19. The van der Waals surface area contributed by atoms with Crippen LogP contribution in [0.15, 0.2) is 18.3 Å². The average Bonchev–Trinajstić information content (AvgIpc) is 2.48. The van der Waals surface area contributed by atoms with Gasteiger partial charge in [0.15, 0.2) is 0 Å². The molecule has 0 saturated carbocycles. The normalized spacial score (nSPS) is 18.0. The van der Waals surface area contributed by atoms with Gasteiger partial charge in [-0.25, -0.2) is 4.79 Å². The zero-order valence-electron chi connectivity index (χ0n) is 13.1. The number of pyridine rings is 1. The standard InChI is InChI=1S/C16H25N3O2/c1-4-14-13(6-5-7-17-14)15(12(2)3)18-8-10-19(11-9-18)16(20)21/h5-7,12,15H,4,8-11H2,1-3H3,(H,20,21). The van der Waals surface area contributed by atoms with Gasteiger partial charge in [-0.15, -0.1) is 0 Å². The van der Waals surface area contributed by atoms with Crippen molar-refractivity contribution in [3.05, 3.63) is 29.6 Å². The first-order chi connectivity index (χ1) is 10.0. The number of carbonyl (C=O) groups is 1. The second-order valence-corrected chi connectivity index (χ2v) is 5.89. The lowest BCUT2D eigenvalue weighted by Crippen LogP contribution is -2.50. The minimum atomic E-state index is -0.814. The molecule has 21 heavy (non-hydrogen) atoms. The largest absolute Gasteiger partial charge is 0.465 e. The van der Waals surface area contributed by atoms with Gasteiger partial charge in [-0.1, -0.05) is 26.8 Å². The summed E-state index contributed by atoms with van der Waals surface area (Å²) in [5.41, 5.74) is 2.44. The topological polar surface area (TPSA) is 56.7 Å². The van der Waals surface area contributed by atoms with E-state index in [9.17, 15) is 4.79 Å². The van der Waals surface area contributed by atoms with Crippen molar-refractivity contribution in [2.75, 3.05) is 26.2 Å². The molecular weight excluding hydrogens is 266 g/mol. The summed E-state index contributed by atoms with van der Waals surface area (Å²) in [5.74, 6) is 0.468. The molecule has 1 aliphatic heterocycles. The van der Waals surface area contributed by atoms with Crippen molar-refractivity contribution in [3.8, 4) is 0 Å². The van der Waals surface area contributed by atoms with Crippen molar-refractivity contribution in [1.82, 2.24) is 14.8 Å². The van der Waals surface area contributed by atoms with Gasteiger partial charge in [0.1, 0.15) is 0 Å². The third-order valence-electron chi connectivity index (χ3n) is 4.19. The number of rotatable bonds is 4. The second kappa shape index (κ2) is 6.89. The Kier molecular flexibility index (Phi) is 5.17. The Hall–Kier alpha value is -1.62. The Morgan fingerprint density at radius 3 is 2.52 bits per heavy atom. The van der Waals surface area contributed by atoms with Crippen LogP contribution >= 0.6 is 0 Å². The lowest BCUT2D eigenvalue weighted by molar-refractivity contribution is 0.0705. The zero-order valence-corrected chi connectivity index (χ0v) is 13.1. The van der Waals surface area contributed by atoms with Crippen LogP contribution in [-0.4, -0.2) is 52.2 Å². The maximum absolute atomic E-state index is 11.0. The summed E-state index contributed by atoms with van der Waals surface area (Å²) in [6, 6.07) is 4.47. The predicted molar refractivity (Wildman–Crippen MR) is 82.4 cm³/mol. The molecule has 1 aromatic rings. The highest BCUT2D eigenvalue weighted by molar-refractivity contribution is 5.65. The number of amides is 1. The highest BCUT2D eigenvalue weighted by Crippen LogP contribution is 2.31. The number of piperazine rings is 1. The van der Waals surface area contributed by atoms with Gasteiger partial charge in [-0.3, -0.25) is 9.88 Å². The summed E-state index contributed by atoms with van der Waals surface area (Å²) in [6.45, 7) is 9.31. The van der Waals surface area contributed by atoms with E-state index < -0.39 is 6.09 Å². The maximum atomic E-state index is 11.0. The van der Waals surface area contributed by atoms with Gasteiger partial charge in [0.2, 0.25) is 0 Å². The Bertz CT molecular complexity index is 482. The molecule has 0 radical (unpaired) electrons. The van der Waals surface area contributed by atoms with Gasteiger partial charge in [0.05, 0.1) is 0 Å². The van der Waals surface area contributed by atoms with E-state index in [4.69, 9.17) is 5.11 Å². The molecule has 0 aliphatic carbocycles. The molecule has 0 bridgehead atoms. The summed E-state index contributed by atoms with van der Waals surface area (Å²) < 4.78 is 0. The van der Waals surface area contributed by atoms with E-state index in [2.05, 4.69) is 36.7 Å². The minimum absolute atomic E-state index is 0.310. The van der Waals surface area contributed by atoms with E-state index >= 15 is 0 Å². The molecule has 1 atom stereocenters. The summed E-state index contributed by atoms with van der Waals surface area (Å²) in [7, 11) is 0. The van der Waals surface area contributed by atoms with Crippen LogP contribution in [0.2, 0.25) is 0 Å². The van der Waals surface area contributed by atoms with E-state index in [0.717, 1.165) is 25.2 Å². The Morgan fingerprint density at radius 2 is 2.00 bits per heavy atom. The van der Waals surface area contributed by atoms with E-state index in [1.165, 1.54) is 10.5 Å². The van der Waals surface area contributed by atoms with Gasteiger partial charge < -0.3 is 10.0 Å². The molecule has 116 valence electrons. The lowest BCUT2D eigenvalue weighted by atomic mass is 9.92. The van der Waals surface area contributed by atoms with E-state index in [1.807, 2.05) is 12.3 Å². The molecule has 0 aromatic carbocycles. The number of hydrogen-bond donors (Lipinski definition) is 1. The van der Waals surface area contributed by atoms with Crippen LogP contribution in [0.1, 0.15) is 38.1 Å². The van der Waals surface area contributed by atoms with Crippen LogP contribution in [0.4, 0.5) is 4.79 Å². The maximum Gasteiger partial charge on any atom is 0.407 e. The van der Waals surface area contributed by atoms with Crippen LogP contribution in [0, 0.1) is 5.92 Å². The summed E-state index contributed by atoms with van der Waals surface area (Å²) in [6.07, 6.45) is 1.96. The fraction of sp³-hybridized carbons (Fsp3) is 0.625. The number of carboxylic acid groups (broad SMARTS) is 1. The van der Waals surface area contributed by atoms with Crippen LogP contribution in [0.25, 0.3) is 0 Å². The summed E-state index contributed by atoms with van der Waals surface area (Å²) in [4.78, 5) is 19.4. The Balaban J connectivity index is 2.19. The Morgan fingerprint density at radius 1 is 1.33 bits per heavy atom. The molecule has 2 rings (SSSR count). The Labute approximate surface area is 126 Å². The first kappa shape index (κ1) is 15.8. The van der Waals surface area contributed by atoms with E-state index in [1.54, 1.807) is 0 Å². The first-order valence-electron chi connectivity index (χ1n) is 7.70. The number of aryl methyl sites for hydroxylation is 1. The van der Waals surface area contributed by atoms with E-state index in [0.29, 0.717) is 25.0 Å². The van der Waals surface area contributed by atoms with Gasteiger partial charge >= 0.3 is 6.09 Å². The molecule has 1 N–H and O–H groups in total. The van der Waals surface area contributed by atoms with Crippen molar-refractivity contribution in [2.24, 2.45) is 5.92 Å². The van der Waals surface area contributed by atoms with Crippen molar-refractivity contribution in [1.29, 1.82) is 0 Å². The first-order valence-corrected chi connectivity index (χ1v) is 7.70. The molecule has 1 saturated heterocycles. The molecule has 1 amide bonds. The summed E-state index contributed by atoms with van der Waals surface area (Å²) in [5, 5.41) is 9.07. The van der Waals surface area contributed by atoms with Crippen molar-refractivity contribution >= 4 is 6.09 Å². The average molecular weight is 291 g/mol. The van der Waals surface area contributed by atoms with E-state index in [-0.39, 0.29) is 0 Å². The SMILES string of the molecule is CCc1ncccc1C(C(C)C)N1CCN(C(=O)O)CC1. The van der Waals surface area contributed by atoms with Crippen LogP contribution in [-0.2, 0) is 6.42 Å². The molecule has 5 heteroatoms. The molecule has 1 unspecified atom stereocenters. The lowest BCUT2D eigenvalue weighted by Gasteiger charge is -2.40. The quantitative estimate of drug-likeness (QED) is 0.926. The van der Waals surface area contributed by atoms with Gasteiger partial charge in [-0.2, -0.15) is 0 Å². The van der Waals surface area contributed by atoms with Gasteiger partial charge in [-0.05, 0) is 24.0 Å². The number of hydrogen-bond acceptors (Lipinski definition) is 3. The zero-order chi connectivity index (χ0) is 15.4. The van der Waals surface area contributed by atoms with Crippen LogP contribution < -0.4 is 0 Å². The molecule has 5 nitrogen and oxygen atoms in total. The monoisotopic (exact) mass is 291 g/mol. The predicted octanol–water partition coefficient (Wildman–Crippen LogP) is 2.64. The second-order valence-electron chi connectivity index (χ2n) is 5.89. The van der Waals surface area contributed by atoms with Gasteiger partial charge in [0.25, 0.3) is 0 Å². The smallest absolute Gasteiger partial charge is 0.407 e. The van der Waals surface area contributed by atoms with Gasteiger partial charge in [0, 0.05) is 44.1 Å². The number of nitrogens with zero attached hydrogens (tertiary/aromatic N) is 3. The molecule has 1 aliphatic rings. The van der Waals surface area contributed by atoms with Crippen LogP contribution in [0.5, 0.6) is 0 Å². The molecular formula is C16H25N3O2. The fourth-order valence-corrected chi connectivity index (χ4v) is 3.18. The van der Waals surface area contributed by atoms with Crippen molar-refractivity contribution < 1.29 is 9.90 Å². The van der Waals surface area contributed by atoms with Crippen molar-refractivity contribution in [2.45, 2.75) is 33.2 Å². The highest BCUT2D eigenvalue weighted by Gasteiger charge is 2.30. The molecule has 1 aromatic heterocycles. The minimum Gasteiger partial charge on any atom is -0.465 e. The molecule has 0 spiro atoms. The van der Waals surface area contributed by atoms with Crippen LogP contribution in [0.3, 0.4) is 0 Å². The van der Waals surface area contributed by atoms with Crippen molar-refractivity contribution in [3.63, 3.8) is 0 Å². The number of aromatic nitrogens is 1. The summed E-state index contributed by atoms with van der Waals surface area (Å²) >= 11 is 0. The molecule has 2 heterocycles. The molecule has 1 fully saturated rings. The third kappa shape index (κ3) is 3.53. The highest BCUT2D eigenvalue weighted by atomic mass is 16.4. The fourth-order valence-electron chi connectivity index (χ4n) is 3.18.